The summed E-state index contributed by atoms with van der Waals surface area (Å²) in [5.41, 5.74) is 1.76. The van der Waals surface area contributed by atoms with Crippen molar-refractivity contribution in [1.29, 1.82) is 0 Å². The molecule has 2 N–H and O–H groups in total. The number of hydrogen-bond donors (Lipinski definition) is 2. The van der Waals surface area contributed by atoms with E-state index in [-0.39, 0.29) is 11.8 Å². The van der Waals surface area contributed by atoms with Crippen LogP contribution in [0.3, 0.4) is 0 Å². The van der Waals surface area contributed by atoms with E-state index in [1.807, 2.05) is 61.5 Å². The fourth-order valence-corrected chi connectivity index (χ4v) is 3.61. The largest absolute Gasteiger partial charge is 0.444 e. The van der Waals surface area contributed by atoms with E-state index >= 15 is 0 Å². The van der Waals surface area contributed by atoms with E-state index in [9.17, 15) is 14.4 Å². The molecule has 0 aliphatic carbocycles. The second-order valence-corrected chi connectivity index (χ2v) is 9.38. The van der Waals surface area contributed by atoms with E-state index in [4.69, 9.17) is 4.74 Å². The highest BCUT2D eigenvalue weighted by atomic mass is 16.6. The number of carbonyl (C=O) groups is 3. The summed E-state index contributed by atoms with van der Waals surface area (Å²) in [6.45, 7) is 13.3. The van der Waals surface area contributed by atoms with Gasteiger partial charge in [0.05, 0.1) is 0 Å². The van der Waals surface area contributed by atoms with Gasteiger partial charge in [-0.15, -0.1) is 0 Å². The van der Waals surface area contributed by atoms with Crippen molar-refractivity contribution < 1.29 is 19.1 Å². The molecule has 0 aliphatic rings. The highest BCUT2D eigenvalue weighted by Gasteiger charge is 2.34. The number of nitrogens with one attached hydrogen (secondary N) is 2. The molecule has 7 heteroatoms. The summed E-state index contributed by atoms with van der Waals surface area (Å²) in [4.78, 5) is 40.9. The van der Waals surface area contributed by atoms with Crippen LogP contribution in [0.5, 0.6) is 0 Å². The Balaban J connectivity index is 2.35. The van der Waals surface area contributed by atoms with Gasteiger partial charge in [0.1, 0.15) is 17.7 Å². The lowest BCUT2D eigenvalue weighted by atomic mass is 10.00. The normalized spacial score (nSPS) is 12.7. The van der Waals surface area contributed by atoms with Crippen molar-refractivity contribution in [2.24, 2.45) is 0 Å². The molecule has 35 heavy (non-hydrogen) atoms. The predicted molar refractivity (Wildman–Crippen MR) is 138 cm³/mol. The zero-order valence-corrected chi connectivity index (χ0v) is 21.3. The lowest BCUT2D eigenvalue weighted by Crippen LogP contribution is -2.52. The monoisotopic (exact) mass is 479 g/mol. The fourth-order valence-electron chi connectivity index (χ4n) is 3.61. The first-order chi connectivity index (χ1) is 16.6. The van der Waals surface area contributed by atoms with E-state index in [0.29, 0.717) is 25.1 Å². The molecule has 0 aliphatic heterocycles. The smallest absolute Gasteiger partial charge is 0.408 e. The van der Waals surface area contributed by atoms with Gasteiger partial charge in [0.2, 0.25) is 11.8 Å². The number of ether oxygens (including phenoxy) is 1. The van der Waals surface area contributed by atoms with Gasteiger partial charge in [0, 0.05) is 13.1 Å². The first-order valence-corrected chi connectivity index (χ1v) is 11.9. The van der Waals surface area contributed by atoms with Crippen LogP contribution in [-0.2, 0) is 20.9 Å². The van der Waals surface area contributed by atoms with Gasteiger partial charge in [-0.1, -0.05) is 68.1 Å². The van der Waals surface area contributed by atoms with Crippen LogP contribution in [0.4, 0.5) is 4.79 Å². The summed E-state index contributed by atoms with van der Waals surface area (Å²) >= 11 is 0. The van der Waals surface area contributed by atoms with Crippen LogP contribution in [0.2, 0.25) is 0 Å². The summed E-state index contributed by atoms with van der Waals surface area (Å²) in [5, 5.41) is 5.57. The molecule has 0 radical (unpaired) electrons. The van der Waals surface area contributed by atoms with Gasteiger partial charge in [-0.25, -0.2) is 4.79 Å². The van der Waals surface area contributed by atoms with Gasteiger partial charge in [0.15, 0.2) is 0 Å². The maximum absolute atomic E-state index is 13.5. The highest BCUT2D eigenvalue weighted by molar-refractivity contribution is 5.92. The van der Waals surface area contributed by atoms with Crippen molar-refractivity contribution in [3.8, 4) is 0 Å². The summed E-state index contributed by atoms with van der Waals surface area (Å²) < 4.78 is 5.30. The number of alkyl carbamates (subject to hydrolysis) is 1. The second-order valence-electron chi connectivity index (χ2n) is 9.38. The molecule has 7 nitrogen and oxygen atoms in total. The van der Waals surface area contributed by atoms with Gasteiger partial charge >= 0.3 is 6.09 Å². The van der Waals surface area contributed by atoms with Crippen molar-refractivity contribution in [1.82, 2.24) is 15.5 Å². The maximum Gasteiger partial charge on any atom is 0.408 e. The lowest BCUT2D eigenvalue weighted by Gasteiger charge is -2.33. The number of amides is 3. The van der Waals surface area contributed by atoms with E-state index in [2.05, 4.69) is 17.2 Å². The molecule has 0 saturated carbocycles. The Morgan fingerprint density at radius 3 is 2.37 bits per heavy atom. The van der Waals surface area contributed by atoms with Gasteiger partial charge in [-0.2, -0.15) is 0 Å². The molecule has 2 aromatic rings. The SMILES string of the molecule is C=Cc1cccc(C(C(=O)NCc2ccccc2)N(CCC)C(=O)C(C)NC(=O)OC(C)(C)C)c1. The van der Waals surface area contributed by atoms with Crippen LogP contribution in [-0.4, -0.2) is 41.0 Å². The van der Waals surface area contributed by atoms with E-state index in [1.54, 1.807) is 33.8 Å². The van der Waals surface area contributed by atoms with Gasteiger partial charge < -0.3 is 20.3 Å². The van der Waals surface area contributed by atoms with Crippen molar-refractivity contribution in [3.63, 3.8) is 0 Å². The number of hydrogen-bond acceptors (Lipinski definition) is 4. The Morgan fingerprint density at radius 2 is 1.77 bits per heavy atom. The van der Waals surface area contributed by atoms with Crippen molar-refractivity contribution in [3.05, 3.63) is 77.9 Å². The minimum Gasteiger partial charge on any atom is -0.444 e. The summed E-state index contributed by atoms with van der Waals surface area (Å²) in [5.74, 6) is -0.678. The molecular weight excluding hydrogens is 442 g/mol. The zero-order chi connectivity index (χ0) is 26.0. The molecule has 0 aromatic heterocycles. The average Bonchev–Trinajstić information content (AvgIpc) is 2.81. The third-order valence-corrected chi connectivity index (χ3v) is 5.18. The van der Waals surface area contributed by atoms with Crippen molar-refractivity contribution in [2.45, 2.75) is 65.3 Å². The number of nitrogens with zero attached hydrogens (tertiary/aromatic N) is 1. The molecule has 188 valence electrons. The van der Waals surface area contributed by atoms with Crippen LogP contribution in [0.25, 0.3) is 6.08 Å². The van der Waals surface area contributed by atoms with E-state index < -0.39 is 23.8 Å². The van der Waals surface area contributed by atoms with Crippen molar-refractivity contribution >= 4 is 24.0 Å². The van der Waals surface area contributed by atoms with E-state index in [1.165, 1.54) is 4.90 Å². The van der Waals surface area contributed by atoms with Crippen LogP contribution < -0.4 is 10.6 Å². The lowest BCUT2D eigenvalue weighted by molar-refractivity contribution is -0.142. The molecule has 0 bridgehead atoms. The quantitative estimate of drug-likeness (QED) is 0.511. The number of benzene rings is 2. The Labute approximate surface area is 208 Å². The summed E-state index contributed by atoms with van der Waals surface area (Å²) in [6.07, 6.45) is 1.64. The topological polar surface area (TPSA) is 87.7 Å². The van der Waals surface area contributed by atoms with Gasteiger partial charge in [-0.3, -0.25) is 9.59 Å². The summed E-state index contributed by atoms with van der Waals surface area (Å²) in [7, 11) is 0. The Hall–Kier alpha value is -3.61. The Bertz CT molecular complexity index is 1010. The average molecular weight is 480 g/mol. The number of rotatable bonds is 10. The van der Waals surface area contributed by atoms with Crippen LogP contribution in [0.1, 0.15) is 63.8 Å². The third-order valence-electron chi connectivity index (χ3n) is 5.18. The Morgan fingerprint density at radius 1 is 1.09 bits per heavy atom. The summed E-state index contributed by atoms with van der Waals surface area (Å²) in [6, 6.07) is 15.2. The first-order valence-electron chi connectivity index (χ1n) is 11.9. The first kappa shape index (κ1) is 27.6. The minimum atomic E-state index is -0.886. The van der Waals surface area contributed by atoms with Crippen molar-refractivity contribution in [2.75, 3.05) is 6.54 Å². The molecule has 3 amide bonds. The maximum atomic E-state index is 13.5. The van der Waals surface area contributed by atoms with Crippen LogP contribution in [0.15, 0.2) is 61.2 Å². The molecule has 2 rings (SSSR count). The molecule has 2 aromatic carbocycles. The molecule has 0 heterocycles. The predicted octanol–water partition coefficient (Wildman–Crippen LogP) is 4.84. The molecule has 2 atom stereocenters. The molecule has 0 spiro atoms. The molecule has 0 saturated heterocycles. The third kappa shape index (κ3) is 8.59. The van der Waals surface area contributed by atoms with Crippen LogP contribution >= 0.6 is 0 Å². The van der Waals surface area contributed by atoms with Crippen LogP contribution in [0, 0.1) is 0 Å². The standard InChI is InChI=1S/C28H37N3O4/c1-7-17-31(26(33)20(3)30-27(34)35-28(4,5)6)24(23-16-12-15-21(8-2)18-23)25(32)29-19-22-13-10-9-11-14-22/h8-16,18,20,24H,2,7,17,19H2,1,3-6H3,(H,29,32)(H,30,34). The fraction of sp³-hybridized carbons (Fsp3) is 0.393. The van der Waals surface area contributed by atoms with E-state index in [0.717, 1.165) is 11.1 Å². The van der Waals surface area contributed by atoms with Gasteiger partial charge in [-0.05, 0) is 56.9 Å². The van der Waals surface area contributed by atoms with Gasteiger partial charge in [0.25, 0.3) is 0 Å². The zero-order valence-electron chi connectivity index (χ0n) is 21.3. The minimum absolute atomic E-state index is 0.304. The molecule has 0 fully saturated rings. The Kier molecular flexibility index (Phi) is 10.1. The highest BCUT2D eigenvalue weighted by Crippen LogP contribution is 2.24. The molecular formula is C28H37N3O4. The number of carbonyl (C=O) groups excluding carboxylic acids is 3. The second kappa shape index (κ2) is 12.7. The molecule has 2 unspecified atom stereocenters.